The minimum Gasteiger partial charge on any atom is -0.349 e. The highest BCUT2D eigenvalue weighted by Crippen LogP contribution is 2.36. The van der Waals surface area contributed by atoms with Crippen molar-refractivity contribution < 1.29 is 0 Å². The summed E-state index contributed by atoms with van der Waals surface area (Å²) in [4.78, 5) is 11.9. The Balaban J connectivity index is 1.63. The first-order valence-electron chi connectivity index (χ1n) is 9.33. The third kappa shape index (κ3) is 3.39. The maximum Gasteiger partial charge on any atom is 0.229 e. The highest BCUT2D eigenvalue weighted by Gasteiger charge is 2.32. The number of nitrogens with zero attached hydrogens (tertiary/aromatic N) is 3. The molecule has 1 aliphatic carbocycles. The summed E-state index contributed by atoms with van der Waals surface area (Å²) < 4.78 is 0. The van der Waals surface area contributed by atoms with Gasteiger partial charge >= 0.3 is 0 Å². The molecule has 0 amide bonds. The molecule has 3 unspecified atom stereocenters. The van der Waals surface area contributed by atoms with Crippen LogP contribution < -0.4 is 10.2 Å². The minimum absolute atomic E-state index is 0.562. The zero-order valence-corrected chi connectivity index (χ0v) is 15.0. The zero-order valence-electron chi connectivity index (χ0n) is 15.0. The van der Waals surface area contributed by atoms with E-state index in [0.717, 1.165) is 29.5 Å². The molecule has 1 aromatic carbocycles. The van der Waals surface area contributed by atoms with E-state index in [1.807, 2.05) is 36.5 Å². The van der Waals surface area contributed by atoms with Crippen molar-refractivity contribution in [3.8, 4) is 0 Å². The van der Waals surface area contributed by atoms with Gasteiger partial charge in [-0.05, 0) is 36.8 Å². The summed E-state index contributed by atoms with van der Waals surface area (Å²) in [6.07, 6.45) is 10.2. The predicted octanol–water partition coefficient (Wildman–Crippen LogP) is 4.88. The molecule has 1 aromatic heterocycles. The topological polar surface area (TPSA) is 41.1 Å². The normalized spacial score (nSPS) is 25.5. The third-order valence-electron chi connectivity index (χ3n) is 5.51. The van der Waals surface area contributed by atoms with Crippen LogP contribution in [0.1, 0.15) is 38.7 Å². The fraction of sp³-hybridized carbons (Fsp3) is 0.429. The van der Waals surface area contributed by atoms with Gasteiger partial charge in [0.1, 0.15) is 5.82 Å². The Hall–Kier alpha value is -2.36. The molecule has 25 heavy (non-hydrogen) atoms. The van der Waals surface area contributed by atoms with Crippen LogP contribution in [0.2, 0.25) is 0 Å². The van der Waals surface area contributed by atoms with Gasteiger partial charge in [0.15, 0.2) is 0 Å². The summed E-state index contributed by atoms with van der Waals surface area (Å²) in [7, 11) is 0. The van der Waals surface area contributed by atoms with Gasteiger partial charge in [0.05, 0.1) is 0 Å². The van der Waals surface area contributed by atoms with Gasteiger partial charge in [-0.1, -0.05) is 50.6 Å². The fourth-order valence-corrected chi connectivity index (χ4v) is 4.05. The number of anilines is 3. The first kappa shape index (κ1) is 16.1. The monoisotopic (exact) mass is 334 g/mol. The van der Waals surface area contributed by atoms with Gasteiger partial charge in [-0.3, -0.25) is 0 Å². The minimum atomic E-state index is 0.562. The number of benzene rings is 1. The van der Waals surface area contributed by atoms with E-state index >= 15 is 0 Å². The summed E-state index contributed by atoms with van der Waals surface area (Å²) in [5, 5.41) is 3.32. The smallest absolute Gasteiger partial charge is 0.229 e. The lowest BCUT2D eigenvalue weighted by Gasteiger charge is -2.42. The van der Waals surface area contributed by atoms with Crippen LogP contribution in [0.15, 0.2) is 42.6 Å². The Morgan fingerprint density at radius 1 is 1.12 bits per heavy atom. The summed E-state index contributed by atoms with van der Waals surface area (Å²) in [5.74, 6) is 3.24. The molecule has 0 saturated heterocycles. The molecule has 1 N–H and O–H groups in total. The van der Waals surface area contributed by atoms with Crippen LogP contribution >= 0.6 is 0 Å². The molecule has 2 aliphatic rings. The van der Waals surface area contributed by atoms with Crippen LogP contribution in [-0.4, -0.2) is 22.6 Å². The van der Waals surface area contributed by atoms with Gasteiger partial charge in [-0.15, -0.1) is 0 Å². The molecule has 1 aliphatic heterocycles. The van der Waals surface area contributed by atoms with Crippen molar-refractivity contribution in [1.29, 1.82) is 0 Å². The second-order valence-corrected chi connectivity index (χ2v) is 7.48. The van der Waals surface area contributed by atoms with Crippen molar-refractivity contribution in [3.05, 3.63) is 48.2 Å². The Morgan fingerprint density at radius 3 is 2.80 bits per heavy atom. The Labute approximate surface area is 150 Å². The molecule has 130 valence electrons. The Morgan fingerprint density at radius 2 is 1.96 bits per heavy atom. The van der Waals surface area contributed by atoms with Crippen LogP contribution in [-0.2, 0) is 0 Å². The van der Waals surface area contributed by atoms with Crippen molar-refractivity contribution in [1.82, 2.24) is 9.97 Å². The first-order chi connectivity index (χ1) is 12.2. The van der Waals surface area contributed by atoms with E-state index in [1.165, 1.54) is 19.3 Å². The molecule has 4 rings (SSSR count). The average molecular weight is 334 g/mol. The second kappa shape index (κ2) is 6.87. The van der Waals surface area contributed by atoms with Gasteiger partial charge in [0.25, 0.3) is 0 Å². The molecule has 0 bridgehead atoms. The van der Waals surface area contributed by atoms with E-state index in [4.69, 9.17) is 4.98 Å². The molecule has 0 spiro atoms. The van der Waals surface area contributed by atoms with Crippen LogP contribution in [0.4, 0.5) is 17.5 Å². The van der Waals surface area contributed by atoms with Gasteiger partial charge in [-0.25, -0.2) is 4.98 Å². The number of fused-ring (bicyclic) bond motifs is 1. The van der Waals surface area contributed by atoms with Crippen LogP contribution in [0.25, 0.3) is 6.08 Å². The number of hydrogen-bond donors (Lipinski definition) is 1. The van der Waals surface area contributed by atoms with Gasteiger partial charge < -0.3 is 10.2 Å². The molecular weight excluding hydrogens is 308 g/mol. The molecule has 2 heterocycles. The lowest BCUT2D eigenvalue weighted by Crippen LogP contribution is -2.45. The summed E-state index contributed by atoms with van der Waals surface area (Å²) in [6, 6.07) is 10.7. The van der Waals surface area contributed by atoms with Gasteiger partial charge in [-0.2, -0.15) is 4.98 Å². The lowest BCUT2D eigenvalue weighted by atomic mass is 9.79. The van der Waals surface area contributed by atoms with Crippen molar-refractivity contribution in [2.24, 2.45) is 11.8 Å². The molecule has 0 radical (unpaired) electrons. The number of nitrogens with one attached hydrogen (secondary N) is 1. The highest BCUT2D eigenvalue weighted by molar-refractivity contribution is 5.69. The SMILES string of the molecule is CC1CCC(C)C(N2CC=Cc3cnc(Nc4ccccc4)nc32)C1. The van der Waals surface area contributed by atoms with Crippen LogP contribution in [0.5, 0.6) is 0 Å². The number of hydrogen-bond acceptors (Lipinski definition) is 4. The Kier molecular flexibility index (Phi) is 4.43. The molecule has 4 nitrogen and oxygen atoms in total. The van der Waals surface area contributed by atoms with E-state index in [-0.39, 0.29) is 0 Å². The standard InChI is InChI=1S/C21H26N4/c1-15-10-11-16(2)19(13-15)25-12-6-7-17-14-22-21(24-20(17)25)23-18-8-4-3-5-9-18/h3-9,14-16,19H,10-13H2,1-2H3,(H,22,23,24). The van der Waals surface area contributed by atoms with E-state index < -0.39 is 0 Å². The molecule has 1 fully saturated rings. The van der Waals surface area contributed by atoms with Gasteiger partial charge in [0.2, 0.25) is 5.95 Å². The molecule has 2 aromatic rings. The third-order valence-corrected chi connectivity index (χ3v) is 5.51. The molecule has 1 saturated carbocycles. The first-order valence-corrected chi connectivity index (χ1v) is 9.33. The largest absolute Gasteiger partial charge is 0.349 e. The molecular formula is C21H26N4. The van der Waals surface area contributed by atoms with E-state index in [1.54, 1.807) is 0 Å². The van der Waals surface area contributed by atoms with Crippen LogP contribution in [0, 0.1) is 11.8 Å². The highest BCUT2D eigenvalue weighted by atomic mass is 15.3. The predicted molar refractivity (Wildman–Crippen MR) is 104 cm³/mol. The average Bonchev–Trinajstić information content (AvgIpc) is 2.64. The molecule has 4 heteroatoms. The van der Waals surface area contributed by atoms with E-state index in [2.05, 4.69) is 41.2 Å². The second-order valence-electron chi connectivity index (χ2n) is 7.48. The zero-order chi connectivity index (χ0) is 17.2. The quantitative estimate of drug-likeness (QED) is 0.869. The number of para-hydroxylation sites is 1. The van der Waals surface area contributed by atoms with Crippen molar-refractivity contribution in [3.63, 3.8) is 0 Å². The van der Waals surface area contributed by atoms with E-state index in [9.17, 15) is 0 Å². The lowest BCUT2D eigenvalue weighted by molar-refractivity contribution is 0.255. The number of rotatable bonds is 3. The summed E-state index contributed by atoms with van der Waals surface area (Å²) >= 11 is 0. The van der Waals surface area contributed by atoms with Gasteiger partial charge in [0, 0.05) is 30.0 Å². The van der Waals surface area contributed by atoms with Crippen molar-refractivity contribution in [2.75, 3.05) is 16.8 Å². The fourth-order valence-electron chi connectivity index (χ4n) is 4.05. The number of aromatic nitrogens is 2. The van der Waals surface area contributed by atoms with Crippen molar-refractivity contribution in [2.45, 2.75) is 39.2 Å². The Bertz CT molecular complexity index is 756. The van der Waals surface area contributed by atoms with Crippen molar-refractivity contribution >= 4 is 23.5 Å². The molecule has 3 atom stereocenters. The maximum absolute atomic E-state index is 4.88. The summed E-state index contributed by atoms with van der Waals surface area (Å²) in [6.45, 7) is 5.71. The maximum atomic E-state index is 4.88. The van der Waals surface area contributed by atoms with E-state index in [0.29, 0.717) is 17.9 Å². The van der Waals surface area contributed by atoms with Crippen LogP contribution in [0.3, 0.4) is 0 Å². The summed E-state index contributed by atoms with van der Waals surface area (Å²) in [5.41, 5.74) is 2.13.